The first-order valence-electron chi connectivity index (χ1n) is 6.49. The fraction of sp³-hybridized carbons (Fsp3) is 0.571. The fourth-order valence-corrected chi connectivity index (χ4v) is 2.71. The summed E-state index contributed by atoms with van der Waals surface area (Å²) in [7, 11) is 0. The number of ether oxygens (including phenoxy) is 1. The quantitative estimate of drug-likeness (QED) is 0.915. The van der Waals surface area contributed by atoms with Gasteiger partial charge in [-0.3, -0.25) is 0 Å². The Labute approximate surface area is 114 Å². The van der Waals surface area contributed by atoms with E-state index in [1.165, 1.54) is 5.69 Å². The van der Waals surface area contributed by atoms with Crippen molar-refractivity contribution in [1.29, 1.82) is 0 Å². The Morgan fingerprint density at radius 1 is 1.44 bits per heavy atom. The molecule has 1 saturated heterocycles. The van der Waals surface area contributed by atoms with Crippen LogP contribution in [0, 0.1) is 0 Å². The number of nitrogens with two attached hydrogens (primary N) is 1. The maximum Gasteiger partial charge on any atom is 0.0723 e. The summed E-state index contributed by atoms with van der Waals surface area (Å²) in [5.74, 6) is 0. The first kappa shape index (κ1) is 13.7. The van der Waals surface area contributed by atoms with Crippen molar-refractivity contribution in [3.63, 3.8) is 0 Å². The van der Waals surface area contributed by atoms with E-state index in [4.69, 9.17) is 22.1 Å². The Morgan fingerprint density at radius 2 is 2.22 bits per heavy atom. The lowest BCUT2D eigenvalue weighted by Crippen LogP contribution is -2.47. The molecule has 1 heterocycles. The molecule has 4 heteroatoms. The standard InChI is InChI=1S/C14H21ClN2O/c1-10-9-18-11(2)8-17(10)14-5-3-4-13(15)12(14)6-7-16/h3-5,10-11H,6-9,16H2,1-2H3. The molecule has 0 aromatic heterocycles. The van der Waals surface area contributed by atoms with Gasteiger partial charge in [-0.2, -0.15) is 0 Å². The molecule has 1 aromatic rings. The van der Waals surface area contributed by atoms with Crippen LogP contribution in [-0.2, 0) is 11.2 Å². The van der Waals surface area contributed by atoms with Crippen LogP contribution in [0.5, 0.6) is 0 Å². The highest BCUT2D eigenvalue weighted by molar-refractivity contribution is 6.31. The minimum atomic E-state index is 0.255. The molecule has 0 aliphatic carbocycles. The van der Waals surface area contributed by atoms with E-state index in [0.717, 1.165) is 30.2 Å². The molecule has 0 saturated carbocycles. The maximum absolute atomic E-state index is 6.30. The van der Waals surface area contributed by atoms with Gasteiger partial charge in [0.05, 0.1) is 12.7 Å². The molecule has 2 atom stereocenters. The highest BCUT2D eigenvalue weighted by Crippen LogP contribution is 2.30. The van der Waals surface area contributed by atoms with E-state index >= 15 is 0 Å². The number of halogens is 1. The Morgan fingerprint density at radius 3 is 2.94 bits per heavy atom. The summed E-state index contributed by atoms with van der Waals surface area (Å²) >= 11 is 6.30. The van der Waals surface area contributed by atoms with Crippen molar-refractivity contribution in [3.8, 4) is 0 Å². The number of morpholine rings is 1. The molecule has 1 aliphatic rings. The molecule has 0 radical (unpaired) electrons. The summed E-state index contributed by atoms with van der Waals surface area (Å²) in [6.45, 7) is 6.56. The lowest BCUT2D eigenvalue weighted by molar-refractivity contribution is 0.0343. The Balaban J connectivity index is 2.33. The smallest absolute Gasteiger partial charge is 0.0723 e. The van der Waals surface area contributed by atoms with Gasteiger partial charge in [-0.15, -0.1) is 0 Å². The summed E-state index contributed by atoms with van der Waals surface area (Å²) in [4.78, 5) is 2.38. The summed E-state index contributed by atoms with van der Waals surface area (Å²) < 4.78 is 5.67. The molecular formula is C14H21ClN2O. The zero-order chi connectivity index (χ0) is 13.1. The van der Waals surface area contributed by atoms with Crippen molar-refractivity contribution in [1.82, 2.24) is 0 Å². The first-order valence-corrected chi connectivity index (χ1v) is 6.87. The van der Waals surface area contributed by atoms with Gasteiger partial charge in [-0.05, 0) is 44.5 Å². The molecule has 0 spiro atoms. The van der Waals surface area contributed by atoms with Crippen LogP contribution in [0.15, 0.2) is 18.2 Å². The van der Waals surface area contributed by atoms with E-state index in [1.54, 1.807) is 0 Å². The molecule has 0 bridgehead atoms. The number of benzene rings is 1. The van der Waals surface area contributed by atoms with Crippen molar-refractivity contribution in [2.45, 2.75) is 32.4 Å². The SMILES string of the molecule is CC1CN(c2cccc(Cl)c2CCN)C(C)CO1. The van der Waals surface area contributed by atoms with Crippen LogP contribution in [0.2, 0.25) is 5.02 Å². The number of nitrogens with zero attached hydrogens (tertiary/aromatic N) is 1. The summed E-state index contributed by atoms with van der Waals surface area (Å²) in [6.07, 6.45) is 1.07. The Bertz CT molecular complexity index is 411. The van der Waals surface area contributed by atoms with Gasteiger partial charge in [0.2, 0.25) is 0 Å². The number of rotatable bonds is 3. The summed E-state index contributed by atoms with van der Waals surface area (Å²) in [5, 5.41) is 0.810. The highest BCUT2D eigenvalue weighted by atomic mass is 35.5. The van der Waals surface area contributed by atoms with Crippen LogP contribution >= 0.6 is 11.6 Å². The highest BCUT2D eigenvalue weighted by Gasteiger charge is 2.25. The van der Waals surface area contributed by atoms with E-state index < -0.39 is 0 Å². The van der Waals surface area contributed by atoms with Crippen LogP contribution in [0.1, 0.15) is 19.4 Å². The zero-order valence-electron chi connectivity index (χ0n) is 11.0. The number of hydrogen-bond donors (Lipinski definition) is 1. The summed E-state index contributed by atoms with van der Waals surface area (Å²) in [6, 6.07) is 6.44. The monoisotopic (exact) mass is 268 g/mol. The second-order valence-electron chi connectivity index (χ2n) is 4.92. The molecule has 2 N–H and O–H groups in total. The third-order valence-electron chi connectivity index (χ3n) is 3.41. The van der Waals surface area contributed by atoms with Gasteiger partial charge in [0.25, 0.3) is 0 Å². The van der Waals surface area contributed by atoms with Crippen LogP contribution in [0.3, 0.4) is 0 Å². The number of hydrogen-bond acceptors (Lipinski definition) is 3. The number of anilines is 1. The molecule has 2 rings (SSSR count). The van der Waals surface area contributed by atoms with Crippen LogP contribution in [-0.4, -0.2) is 31.8 Å². The molecular weight excluding hydrogens is 248 g/mol. The maximum atomic E-state index is 6.30. The molecule has 1 aromatic carbocycles. The normalized spacial score (nSPS) is 24.3. The van der Waals surface area contributed by atoms with Crippen molar-refractivity contribution in [2.75, 3.05) is 24.6 Å². The molecule has 18 heavy (non-hydrogen) atoms. The minimum Gasteiger partial charge on any atom is -0.375 e. The molecule has 100 valence electrons. The Kier molecular flexibility index (Phi) is 4.49. The van der Waals surface area contributed by atoms with E-state index in [0.29, 0.717) is 12.6 Å². The van der Waals surface area contributed by atoms with Crippen molar-refractivity contribution in [2.24, 2.45) is 5.73 Å². The van der Waals surface area contributed by atoms with Crippen molar-refractivity contribution >= 4 is 17.3 Å². The van der Waals surface area contributed by atoms with Crippen molar-refractivity contribution in [3.05, 3.63) is 28.8 Å². The zero-order valence-corrected chi connectivity index (χ0v) is 11.8. The second kappa shape index (κ2) is 5.91. The van der Waals surface area contributed by atoms with Crippen molar-refractivity contribution < 1.29 is 4.74 Å². The summed E-state index contributed by atoms with van der Waals surface area (Å²) in [5.41, 5.74) is 8.05. The molecule has 2 unspecified atom stereocenters. The molecule has 1 aliphatic heterocycles. The predicted octanol–water partition coefficient (Wildman–Crippen LogP) is 2.45. The van der Waals surface area contributed by atoms with Crippen LogP contribution in [0.25, 0.3) is 0 Å². The van der Waals surface area contributed by atoms with E-state index in [2.05, 4.69) is 24.8 Å². The lowest BCUT2D eigenvalue weighted by Gasteiger charge is -2.39. The lowest BCUT2D eigenvalue weighted by atomic mass is 10.1. The molecule has 3 nitrogen and oxygen atoms in total. The van der Waals surface area contributed by atoms with Crippen LogP contribution < -0.4 is 10.6 Å². The van der Waals surface area contributed by atoms with Gasteiger partial charge in [0, 0.05) is 23.3 Å². The van der Waals surface area contributed by atoms with E-state index in [-0.39, 0.29) is 6.10 Å². The topological polar surface area (TPSA) is 38.5 Å². The third kappa shape index (κ3) is 2.79. The van der Waals surface area contributed by atoms with E-state index in [9.17, 15) is 0 Å². The molecule has 0 amide bonds. The molecule has 1 fully saturated rings. The Hall–Kier alpha value is -0.770. The average molecular weight is 269 g/mol. The van der Waals surface area contributed by atoms with Crippen LogP contribution in [0.4, 0.5) is 5.69 Å². The average Bonchev–Trinajstić information content (AvgIpc) is 2.35. The second-order valence-corrected chi connectivity index (χ2v) is 5.33. The van der Waals surface area contributed by atoms with E-state index in [1.807, 2.05) is 12.1 Å². The van der Waals surface area contributed by atoms with Gasteiger partial charge < -0.3 is 15.4 Å². The first-order chi connectivity index (χ1) is 8.63. The largest absolute Gasteiger partial charge is 0.375 e. The van der Waals surface area contributed by atoms with Gasteiger partial charge in [-0.1, -0.05) is 17.7 Å². The predicted molar refractivity (Wildman–Crippen MR) is 76.4 cm³/mol. The van der Waals surface area contributed by atoms with Gasteiger partial charge in [0.15, 0.2) is 0 Å². The van der Waals surface area contributed by atoms with Gasteiger partial charge in [-0.25, -0.2) is 0 Å². The fourth-order valence-electron chi connectivity index (χ4n) is 2.45. The third-order valence-corrected chi connectivity index (χ3v) is 3.76. The van der Waals surface area contributed by atoms with Gasteiger partial charge in [0.1, 0.15) is 0 Å². The minimum absolute atomic E-state index is 0.255. The van der Waals surface area contributed by atoms with Gasteiger partial charge >= 0.3 is 0 Å².